The number of aromatic amines is 1. The monoisotopic (exact) mass is 209 g/mol. The van der Waals surface area contributed by atoms with Gasteiger partial charge in [-0.1, -0.05) is 23.7 Å². The van der Waals surface area contributed by atoms with Gasteiger partial charge in [0.15, 0.2) is 11.8 Å². The van der Waals surface area contributed by atoms with E-state index in [1.807, 2.05) is 0 Å². The third kappa shape index (κ3) is 1.54. The molecule has 72 valence electrons. The zero-order valence-corrected chi connectivity index (χ0v) is 7.92. The van der Waals surface area contributed by atoms with Gasteiger partial charge < -0.3 is 10.2 Å². The lowest BCUT2D eigenvalue weighted by atomic mass is 10.1. The minimum absolute atomic E-state index is 0.0511. The zero-order chi connectivity index (χ0) is 10.1. The topological polar surface area (TPSA) is 56.2 Å². The van der Waals surface area contributed by atoms with Gasteiger partial charge in [-0.05, 0) is 17.7 Å². The Hall–Kier alpha value is -1.61. The first-order valence-electron chi connectivity index (χ1n) is 4.03. The van der Waals surface area contributed by atoms with Crippen LogP contribution in [0, 0.1) is 0 Å². The Kier molecular flexibility index (Phi) is 2.09. The molecule has 0 aliphatic rings. The number of H-pyrrole nitrogens is 1. The number of aromatic hydroxyl groups is 2. The summed E-state index contributed by atoms with van der Waals surface area (Å²) in [6.45, 7) is 0. The summed E-state index contributed by atoms with van der Waals surface area (Å²) < 4.78 is 0. The normalized spacial score (nSPS) is 10.4. The van der Waals surface area contributed by atoms with E-state index < -0.39 is 0 Å². The quantitative estimate of drug-likeness (QED) is 0.677. The van der Waals surface area contributed by atoms with Crippen LogP contribution < -0.4 is 0 Å². The molecule has 1 heterocycles. The second-order valence-electron chi connectivity index (χ2n) is 2.92. The fourth-order valence-electron chi connectivity index (χ4n) is 1.28. The van der Waals surface area contributed by atoms with E-state index in [4.69, 9.17) is 16.7 Å². The van der Waals surface area contributed by atoms with Crippen LogP contribution in [0.1, 0.15) is 0 Å². The van der Waals surface area contributed by atoms with Gasteiger partial charge in [0.25, 0.3) is 0 Å². The van der Waals surface area contributed by atoms with Gasteiger partial charge in [0.1, 0.15) is 0 Å². The Bertz CT molecular complexity index is 448. The number of benzene rings is 1. The van der Waals surface area contributed by atoms with Gasteiger partial charge in [-0.2, -0.15) is 0 Å². The van der Waals surface area contributed by atoms with Gasteiger partial charge in [0.2, 0.25) is 0 Å². The van der Waals surface area contributed by atoms with Gasteiger partial charge in [0, 0.05) is 16.7 Å². The lowest BCUT2D eigenvalue weighted by Gasteiger charge is -1.98. The highest BCUT2D eigenvalue weighted by Gasteiger charge is 2.07. The fraction of sp³-hybridized carbons (Fsp3) is 0. The van der Waals surface area contributed by atoms with Crippen molar-refractivity contribution in [1.82, 2.24) is 4.98 Å². The van der Waals surface area contributed by atoms with Crippen molar-refractivity contribution in [2.45, 2.75) is 0 Å². The lowest BCUT2D eigenvalue weighted by molar-refractivity contribution is 0.426. The predicted octanol–water partition coefficient (Wildman–Crippen LogP) is 2.75. The Balaban J connectivity index is 2.49. The minimum Gasteiger partial charge on any atom is -0.494 e. The van der Waals surface area contributed by atoms with Gasteiger partial charge in [-0.3, -0.25) is 4.98 Å². The SMILES string of the molecule is Oc1cc(-c2ccc(Cl)cc2)c(O)[nH]1. The molecule has 0 fully saturated rings. The summed E-state index contributed by atoms with van der Waals surface area (Å²) in [5.41, 5.74) is 1.35. The second-order valence-corrected chi connectivity index (χ2v) is 3.36. The van der Waals surface area contributed by atoms with Crippen molar-refractivity contribution < 1.29 is 10.2 Å². The molecule has 3 N–H and O–H groups in total. The Labute approximate surface area is 85.6 Å². The summed E-state index contributed by atoms with van der Waals surface area (Å²) in [5, 5.41) is 19.1. The minimum atomic E-state index is -0.0625. The number of rotatable bonds is 1. The first-order chi connectivity index (χ1) is 6.66. The molecule has 3 nitrogen and oxygen atoms in total. The Morgan fingerprint density at radius 2 is 1.71 bits per heavy atom. The number of hydrogen-bond acceptors (Lipinski definition) is 2. The molecule has 0 unspecified atom stereocenters. The van der Waals surface area contributed by atoms with Crippen LogP contribution in [0.2, 0.25) is 5.02 Å². The Morgan fingerprint density at radius 3 is 2.21 bits per heavy atom. The van der Waals surface area contributed by atoms with E-state index in [0.29, 0.717) is 10.6 Å². The average molecular weight is 210 g/mol. The average Bonchev–Trinajstić information content (AvgIpc) is 2.47. The molecule has 2 rings (SSSR count). The first kappa shape index (κ1) is 8.97. The van der Waals surface area contributed by atoms with E-state index >= 15 is 0 Å². The van der Waals surface area contributed by atoms with E-state index in [1.54, 1.807) is 24.3 Å². The van der Waals surface area contributed by atoms with E-state index in [1.165, 1.54) is 6.07 Å². The lowest BCUT2D eigenvalue weighted by Crippen LogP contribution is -1.73. The smallest absolute Gasteiger partial charge is 0.199 e. The summed E-state index contributed by atoms with van der Waals surface area (Å²) in [4.78, 5) is 2.40. The number of nitrogens with one attached hydrogen (secondary N) is 1. The molecule has 0 amide bonds. The van der Waals surface area contributed by atoms with Gasteiger partial charge >= 0.3 is 0 Å². The van der Waals surface area contributed by atoms with Crippen molar-refractivity contribution in [1.29, 1.82) is 0 Å². The van der Waals surface area contributed by atoms with Crippen LogP contribution in [-0.4, -0.2) is 15.2 Å². The molecule has 0 aliphatic carbocycles. The van der Waals surface area contributed by atoms with Crippen LogP contribution in [0.25, 0.3) is 11.1 Å². The van der Waals surface area contributed by atoms with E-state index in [2.05, 4.69) is 4.98 Å². The van der Waals surface area contributed by atoms with Crippen molar-refractivity contribution in [3.63, 3.8) is 0 Å². The zero-order valence-electron chi connectivity index (χ0n) is 7.16. The molecule has 0 saturated carbocycles. The molecular weight excluding hydrogens is 202 g/mol. The maximum absolute atomic E-state index is 9.41. The summed E-state index contributed by atoms with van der Waals surface area (Å²) in [6.07, 6.45) is 0. The molecule has 0 radical (unpaired) electrons. The molecule has 0 saturated heterocycles. The van der Waals surface area contributed by atoms with Gasteiger partial charge in [0.05, 0.1) is 0 Å². The van der Waals surface area contributed by atoms with E-state index in [0.717, 1.165) is 5.56 Å². The predicted molar refractivity (Wildman–Crippen MR) is 54.6 cm³/mol. The highest BCUT2D eigenvalue weighted by molar-refractivity contribution is 6.30. The number of aromatic nitrogens is 1. The second kappa shape index (κ2) is 3.27. The summed E-state index contributed by atoms with van der Waals surface area (Å²) in [5.74, 6) is -0.114. The van der Waals surface area contributed by atoms with Crippen LogP contribution in [0.3, 0.4) is 0 Å². The highest BCUT2D eigenvalue weighted by atomic mass is 35.5. The summed E-state index contributed by atoms with van der Waals surface area (Å²) in [7, 11) is 0. The summed E-state index contributed by atoms with van der Waals surface area (Å²) in [6, 6.07) is 8.44. The van der Waals surface area contributed by atoms with Crippen LogP contribution in [0.15, 0.2) is 30.3 Å². The maximum Gasteiger partial charge on any atom is 0.199 e. The molecule has 0 atom stereocenters. The molecule has 1 aromatic heterocycles. The van der Waals surface area contributed by atoms with Crippen molar-refractivity contribution in [2.24, 2.45) is 0 Å². The van der Waals surface area contributed by atoms with Crippen LogP contribution in [-0.2, 0) is 0 Å². The summed E-state index contributed by atoms with van der Waals surface area (Å²) >= 11 is 5.72. The number of hydrogen-bond donors (Lipinski definition) is 3. The van der Waals surface area contributed by atoms with E-state index in [-0.39, 0.29) is 11.8 Å². The Morgan fingerprint density at radius 1 is 1.07 bits per heavy atom. The molecule has 0 bridgehead atoms. The van der Waals surface area contributed by atoms with Crippen molar-refractivity contribution in [3.05, 3.63) is 35.4 Å². The maximum atomic E-state index is 9.41. The third-order valence-electron chi connectivity index (χ3n) is 1.94. The molecule has 0 aliphatic heterocycles. The molecule has 0 spiro atoms. The molecule has 2 aromatic rings. The van der Waals surface area contributed by atoms with Crippen molar-refractivity contribution >= 4 is 11.6 Å². The molecular formula is C10H8ClNO2. The van der Waals surface area contributed by atoms with Crippen LogP contribution >= 0.6 is 11.6 Å². The fourth-order valence-corrected chi connectivity index (χ4v) is 1.41. The van der Waals surface area contributed by atoms with Crippen molar-refractivity contribution in [2.75, 3.05) is 0 Å². The third-order valence-corrected chi connectivity index (χ3v) is 2.19. The van der Waals surface area contributed by atoms with Crippen LogP contribution in [0.5, 0.6) is 11.8 Å². The highest BCUT2D eigenvalue weighted by Crippen LogP contribution is 2.32. The van der Waals surface area contributed by atoms with Gasteiger partial charge in [-0.15, -0.1) is 0 Å². The standard InChI is InChI=1S/C10H8ClNO2/c11-7-3-1-6(2-4-7)8-5-9(13)12-10(8)14/h1-5,12-14H. The number of halogens is 1. The largest absolute Gasteiger partial charge is 0.494 e. The molecule has 14 heavy (non-hydrogen) atoms. The first-order valence-corrected chi connectivity index (χ1v) is 4.41. The van der Waals surface area contributed by atoms with Gasteiger partial charge in [-0.25, -0.2) is 0 Å². The molecule has 4 heteroatoms. The van der Waals surface area contributed by atoms with E-state index in [9.17, 15) is 5.11 Å². The molecule has 1 aromatic carbocycles. The van der Waals surface area contributed by atoms with Crippen molar-refractivity contribution in [3.8, 4) is 22.9 Å². The van der Waals surface area contributed by atoms with Crippen LogP contribution in [0.4, 0.5) is 0 Å².